The fourth-order valence-corrected chi connectivity index (χ4v) is 4.08. The number of hydrogen-bond donors (Lipinski definition) is 0. The molecule has 2 aliphatic rings. The van der Waals surface area contributed by atoms with Gasteiger partial charge in [-0.05, 0) is 31.4 Å². The number of carbonyl (C=O) groups excluding carboxylic acids is 1. The molecule has 0 bridgehead atoms. The number of carbonyl (C=O) groups is 1. The second-order valence-electron chi connectivity index (χ2n) is 7.08. The number of nitrogens with zero attached hydrogens (tertiary/aromatic N) is 4. The van der Waals surface area contributed by atoms with Crippen molar-refractivity contribution < 1.29 is 14.3 Å². The molecule has 1 fully saturated rings. The Hall–Kier alpha value is -2.25. The summed E-state index contributed by atoms with van der Waals surface area (Å²) in [7, 11) is 1.70. The van der Waals surface area contributed by atoms with E-state index in [4.69, 9.17) is 14.6 Å². The largest absolute Gasteiger partial charge is 0.383 e. The number of pyridine rings is 1. The van der Waals surface area contributed by atoms with E-state index in [2.05, 4.69) is 9.67 Å². The normalized spacial score (nSPS) is 19.7. The van der Waals surface area contributed by atoms with E-state index in [1.54, 1.807) is 25.6 Å². The predicted octanol–water partition coefficient (Wildman–Crippen LogP) is 2.36. The molecule has 4 heterocycles. The second-order valence-corrected chi connectivity index (χ2v) is 7.08. The van der Waals surface area contributed by atoms with Crippen LogP contribution in [0.2, 0.25) is 0 Å². The summed E-state index contributed by atoms with van der Waals surface area (Å²) in [6.07, 6.45) is 7.24. The predicted molar refractivity (Wildman–Crippen MR) is 99.3 cm³/mol. The lowest BCUT2D eigenvalue weighted by molar-refractivity contribution is 0.0595. The molecule has 7 heteroatoms. The minimum atomic E-state index is -0.00861. The molecule has 0 aromatic carbocycles. The Bertz CT molecular complexity index is 790. The van der Waals surface area contributed by atoms with Crippen molar-refractivity contribution in [1.82, 2.24) is 19.7 Å². The number of likely N-dealkylation sites (tertiary alicyclic amines) is 1. The van der Waals surface area contributed by atoms with Crippen LogP contribution in [0.3, 0.4) is 0 Å². The molecule has 0 spiro atoms. The quantitative estimate of drug-likeness (QED) is 0.808. The maximum Gasteiger partial charge on any atom is 0.255 e. The van der Waals surface area contributed by atoms with Gasteiger partial charge in [-0.25, -0.2) is 0 Å². The molecule has 7 nitrogen and oxygen atoms in total. The number of rotatable bonds is 5. The van der Waals surface area contributed by atoms with Crippen LogP contribution in [0, 0.1) is 0 Å². The molecule has 2 aromatic rings. The van der Waals surface area contributed by atoms with Gasteiger partial charge in [0.2, 0.25) is 0 Å². The highest BCUT2D eigenvalue weighted by Gasteiger charge is 2.34. The SMILES string of the molecule is COCCn1nc(C2CCCCN2C(=O)c2cccnc2)c2c1CCOC2. The van der Waals surface area contributed by atoms with E-state index < -0.39 is 0 Å². The topological polar surface area (TPSA) is 69.5 Å². The van der Waals surface area contributed by atoms with Crippen molar-refractivity contribution in [2.24, 2.45) is 0 Å². The Kier molecular flexibility index (Phi) is 5.50. The van der Waals surface area contributed by atoms with Crippen LogP contribution in [0.15, 0.2) is 24.5 Å². The van der Waals surface area contributed by atoms with Gasteiger partial charge in [0.05, 0.1) is 43.7 Å². The summed E-state index contributed by atoms with van der Waals surface area (Å²) < 4.78 is 13.0. The van der Waals surface area contributed by atoms with Crippen molar-refractivity contribution in [2.45, 2.75) is 44.9 Å². The lowest BCUT2D eigenvalue weighted by Gasteiger charge is -2.35. The van der Waals surface area contributed by atoms with Crippen LogP contribution in [0.1, 0.15) is 52.6 Å². The third-order valence-corrected chi connectivity index (χ3v) is 5.42. The number of piperidine rings is 1. The Morgan fingerprint density at radius 1 is 1.41 bits per heavy atom. The second kappa shape index (κ2) is 8.19. The molecular weight excluding hydrogens is 344 g/mol. The van der Waals surface area contributed by atoms with Crippen molar-refractivity contribution in [1.29, 1.82) is 0 Å². The number of ether oxygens (including phenoxy) is 2. The van der Waals surface area contributed by atoms with E-state index >= 15 is 0 Å². The van der Waals surface area contributed by atoms with E-state index in [-0.39, 0.29) is 11.9 Å². The molecule has 4 rings (SSSR count). The molecule has 0 N–H and O–H groups in total. The first kappa shape index (κ1) is 18.1. The number of hydrogen-bond acceptors (Lipinski definition) is 5. The fourth-order valence-electron chi connectivity index (χ4n) is 4.08. The number of methoxy groups -OCH3 is 1. The summed E-state index contributed by atoms with van der Waals surface area (Å²) >= 11 is 0. The molecule has 0 saturated carbocycles. The molecule has 0 aliphatic carbocycles. The summed E-state index contributed by atoms with van der Waals surface area (Å²) in [5.41, 5.74) is 4.02. The third kappa shape index (κ3) is 3.61. The van der Waals surface area contributed by atoms with Crippen LogP contribution >= 0.6 is 0 Å². The molecule has 2 aromatic heterocycles. The van der Waals surface area contributed by atoms with Gasteiger partial charge in [0, 0.05) is 43.7 Å². The highest BCUT2D eigenvalue weighted by Crippen LogP contribution is 2.35. The smallest absolute Gasteiger partial charge is 0.255 e. The van der Waals surface area contributed by atoms with Gasteiger partial charge in [-0.15, -0.1) is 0 Å². The van der Waals surface area contributed by atoms with E-state index in [0.717, 1.165) is 50.0 Å². The molecule has 1 amide bonds. The first-order chi connectivity index (χ1) is 13.3. The minimum Gasteiger partial charge on any atom is -0.383 e. The summed E-state index contributed by atoms with van der Waals surface area (Å²) in [6.45, 7) is 3.38. The highest BCUT2D eigenvalue weighted by molar-refractivity contribution is 5.94. The van der Waals surface area contributed by atoms with Gasteiger partial charge in [-0.1, -0.05) is 0 Å². The average Bonchev–Trinajstić information content (AvgIpc) is 3.11. The number of amides is 1. The van der Waals surface area contributed by atoms with Gasteiger partial charge >= 0.3 is 0 Å². The molecule has 1 saturated heterocycles. The lowest BCUT2D eigenvalue weighted by atomic mass is 9.94. The van der Waals surface area contributed by atoms with Crippen LogP contribution in [-0.2, 0) is 29.0 Å². The first-order valence-electron chi connectivity index (χ1n) is 9.65. The zero-order valence-corrected chi connectivity index (χ0v) is 15.8. The van der Waals surface area contributed by atoms with Crippen molar-refractivity contribution in [3.63, 3.8) is 0 Å². The lowest BCUT2D eigenvalue weighted by Crippen LogP contribution is -2.39. The van der Waals surface area contributed by atoms with Gasteiger partial charge in [0.25, 0.3) is 5.91 Å². The van der Waals surface area contributed by atoms with E-state index in [1.807, 2.05) is 11.0 Å². The molecule has 2 aliphatic heterocycles. The first-order valence-corrected chi connectivity index (χ1v) is 9.65. The minimum absolute atomic E-state index is 0.00861. The Morgan fingerprint density at radius 3 is 3.15 bits per heavy atom. The molecular formula is C20H26N4O3. The van der Waals surface area contributed by atoms with Gasteiger partial charge < -0.3 is 14.4 Å². The highest BCUT2D eigenvalue weighted by atomic mass is 16.5. The van der Waals surface area contributed by atoms with Crippen LogP contribution < -0.4 is 0 Å². The van der Waals surface area contributed by atoms with Crippen molar-refractivity contribution in [3.05, 3.63) is 47.0 Å². The zero-order valence-electron chi connectivity index (χ0n) is 15.8. The number of fused-ring (bicyclic) bond motifs is 1. The molecule has 144 valence electrons. The Labute approximate surface area is 159 Å². The maximum atomic E-state index is 13.1. The third-order valence-electron chi connectivity index (χ3n) is 5.42. The Balaban J connectivity index is 1.67. The van der Waals surface area contributed by atoms with Crippen molar-refractivity contribution in [2.75, 3.05) is 26.9 Å². The van der Waals surface area contributed by atoms with Crippen LogP contribution in [0.4, 0.5) is 0 Å². The van der Waals surface area contributed by atoms with Crippen LogP contribution in [-0.4, -0.2) is 52.4 Å². The molecule has 27 heavy (non-hydrogen) atoms. The van der Waals surface area contributed by atoms with Crippen molar-refractivity contribution >= 4 is 5.91 Å². The molecule has 0 radical (unpaired) electrons. The summed E-state index contributed by atoms with van der Waals surface area (Å²) in [6, 6.07) is 3.63. The molecule has 1 atom stereocenters. The molecule has 1 unspecified atom stereocenters. The Morgan fingerprint density at radius 2 is 2.33 bits per heavy atom. The van der Waals surface area contributed by atoms with E-state index in [9.17, 15) is 4.79 Å². The van der Waals surface area contributed by atoms with E-state index in [1.165, 1.54) is 5.69 Å². The van der Waals surface area contributed by atoms with Gasteiger partial charge in [0.1, 0.15) is 0 Å². The van der Waals surface area contributed by atoms with Gasteiger partial charge in [-0.2, -0.15) is 5.10 Å². The number of aromatic nitrogens is 3. The van der Waals surface area contributed by atoms with Crippen LogP contribution in [0.25, 0.3) is 0 Å². The standard InChI is InChI=1S/C20H26N4O3/c1-26-12-10-24-17-7-11-27-14-16(17)19(22-24)18-6-2-3-9-23(18)20(25)15-5-4-8-21-13-15/h4-5,8,13,18H,2-3,6-7,9-12,14H2,1H3. The van der Waals surface area contributed by atoms with Gasteiger partial charge in [0.15, 0.2) is 0 Å². The zero-order chi connectivity index (χ0) is 18.6. The monoisotopic (exact) mass is 370 g/mol. The van der Waals surface area contributed by atoms with Crippen molar-refractivity contribution in [3.8, 4) is 0 Å². The summed E-state index contributed by atoms with van der Waals surface area (Å²) in [5, 5.41) is 4.93. The summed E-state index contributed by atoms with van der Waals surface area (Å²) in [4.78, 5) is 19.2. The van der Waals surface area contributed by atoms with Crippen LogP contribution in [0.5, 0.6) is 0 Å². The summed E-state index contributed by atoms with van der Waals surface area (Å²) in [5.74, 6) is 0.0321. The van der Waals surface area contributed by atoms with Gasteiger partial charge in [-0.3, -0.25) is 14.5 Å². The van der Waals surface area contributed by atoms with E-state index in [0.29, 0.717) is 25.4 Å². The fraction of sp³-hybridized carbons (Fsp3) is 0.550. The maximum absolute atomic E-state index is 13.1. The average molecular weight is 370 g/mol.